The lowest BCUT2D eigenvalue weighted by atomic mass is 10.1. The van der Waals surface area contributed by atoms with Gasteiger partial charge < -0.3 is 14.7 Å². The van der Waals surface area contributed by atoms with Gasteiger partial charge in [-0.25, -0.2) is 4.79 Å². The normalized spacial score (nSPS) is 10.6. The Bertz CT molecular complexity index is 655. The first-order valence-corrected chi connectivity index (χ1v) is 5.96. The maximum Gasteiger partial charge on any atom is 0.354 e. The smallest absolute Gasteiger partial charge is 0.354 e. The lowest BCUT2D eigenvalue weighted by molar-refractivity contribution is 0.0689. The summed E-state index contributed by atoms with van der Waals surface area (Å²) in [6.07, 6.45) is 0.549. The van der Waals surface area contributed by atoms with E-state index in [0.717, 1.165) is 11.1 Å². The highest BCUT2D eigenvalue weighted by molar-refractivity contribution is 7.71. The number of nitrogens with one attached hydrogen (secondary N) is 1. The number of aromatic nitrogens is 2. The Morgan fingerprint density at radius 2 is 2.22 bits per heavy atom. The third-order valence-corrected chi connectivity index (χ3v) is 3.27. The molecule has 0 amide bonds. The van der Waals surface area contributed by atoms with E-state index < -0.39 is 5.97 Å². The molecule has 0 radical (unpaired) electrons. The monoisotopic (exact) mass is 262 g/mol. The fourth-order valence-corrected chi connectivity index (χ4v) is 2.16. The van der Waals surface area contributed by atoms with Crippen LogP contribution in [0.25, 0.3) is 0 Å². The minimum absolute atomic E-state index is 0.170. The Labute approximate surface area is 110 Å². The van der Waals surface area contributed by atoms with E-state index in [9.17, 15) is 4.79 Å². The molecule has 0 aliphatic carbocycles. The molecule has 5 heteroatoms. The van der Waals surface area contributed by atoms with Gasteiger partial charge in [-0.2, -0.15) is 0 Å². The molecular formula is C13H14N2O2S. The van der Waals surface area contributed by atoms with E-state index in [1.165, 1.54) is 0 Å². The summed E-state index contributed by atoms with van der Waals surface area (Å²) in [5, 5.41) is 9.15. The van der Waals surface area contributed by atoms with E-state index in [1.54, 1.807) is 11.6 Å². The van der Waals surface area contributed by atoms with Crippen LogP contribution in [0.2, 0.25) is 0 Å². The number of imidazole rings is 1. The summed E-state index contributed by atoms with van der Waals surface area (Å²) >= 11 is 5.07. The highest BCUT2D eigenvalue weighted by Gasteiger charge is 2.16. The molecule has 0 saturated heterocycles. The summed E-state index contributed by atoms with van der Waals surface area (Å²) in [6.45, 7) is 2.01. The molecule has 18 heavy (non-hydrogen) atoms. The summed E-state index contributed by atoms with van der Waals surface area (Å²) in [4.78, 5) is 13.9. The summed E-state index contributed by atoms with van der Waals surface area (Å²) < 4.78 is 2.14. The van der Waals surface area contributed by atoms with Crippen LogP contribution in [0, 0.1) is 11.7 Å². The van der Waals surface area contributed by atoms with Gasteiger partial charge in [0, 0.05) is 13.5 Å². The molecule has 0 atom stereocenters. The van der Waals surface area contributed by atoms with Crippen molar-refractivity contribution in [2.45, 2.75) is 13.3 Å². The van der Waals surface area contributed by atoms with Crippen molar-refractivity contribution in [1.82, 2.24) is 9.55 Å². The van der Waals surface area contributed by atoms with Crippen molar-refractivity contribution >= 4 is 18.2 Å². The average molecular weight is 262 g/mol. The molecule has 4 nitrogen and oxygen atoms in total. The van der Waals surface area contributed by atoms with Crippen molar-refractivity contribution < 1.29 is 9.90 Å². The van der Waals surface area contributed by atoms with Gasteiger partial charge in [0.25, 0.3) is 0 Å². The first-order chi connectivity index (χ1) is 8.49. The molecule has 94 valence electrons. The molecule has 2 aromatic rings. The van der Waals surface area contributed by atoms with Gasteiger partial charge >= 0.3 is 5.97 Å². The SMILES string of the molecule is Cc1cccc(Cc2c(C(=O)O)[nH]c(=S)n2C)c1. The number of carbonyl (C=O) groups is 1. The van der Waals surface area contributed by atoms with Crippen LogP contribution in [-0.2, 0) is 13.5 Å². The van der Waals surface area contributed by atoms with Gasteiger partial charge in [-0.1, -0.05) is 29.8 Å². The Balaban J connectivity index is 2.46. The number of aryl methyl sites for hydroxylation is 1. The maximum absolute atomic E-state index is 11.2. The molecular weight excluding hydrogens is 248 g/mol. The second-order valence-electron chi connectivity index (χ2n) is 4.28. The van der Waals surface area contributed by atoms with Crippen LogP contribution in [0.3, 0.4) is 0 Å². The molecule has 1 heterocycles. The zero-order chi connectivity index (χ0) is 13.3. The largest absolute Gasteiger partial charge is 0.477 e. The summed E-state index contributed by atoms with van der Waals surface area (Å²) in [7, 11) is 1.77. The lowest BCUT2D eigenvalue weighted by Crippen LogP contribution is -2.06. The second-order valence-corrected chi connectivity index (χ2v) is 4.67. The van der Waals surface area contributed by atoms with E-state index in [-0.39, 0.29) is 5.69 Å². The van der Waals surface area contributed by atoms with Crippen molar-refractivity contribution in [2.75, 3.05) is 0 Å². The Morgan fingerprint density at radius 1 is 1.50 bits per heavy atom. The molecule has 2 N–H and O–H groups in total. The molecule has 0 saturated carbocycles. The third kappa shape index (κ3) is 2.36. The summed E-state index contributed by atoms with van der Waals surface area (Å²) in [5.41, 5.74) is 3.09. The van der Waals surface area contributed by atoms with Crippen molar-refractivity contribution in [2.24, 2.45) is 7.05 Å². The predicted molar refractivity (Wildman–Crippen MR) is 71.5 cm³/mol. The molecule has 0 unspecified atom stereocenters. The first-order valence-electron chi connectivity index (χ1n) is 5.55. The summed E-state index contributed by atoms with van der Waals surface area (Å²) in [6, 6.07) is 8.00. The Hall–Kier alpha value is -1.88. The van der Waals surface area contributed by atoms with Crippen LogP contribution in [-0.4, -0.2) is 20.6 Å². The van der Waals surface area contributed by atoms with E-state index in [4.69, 9.17) is 17.3 Å². The molecule has 1 aromatic carbocycles. The quantitative estimate of drug-likeness (QED) is 0.836. The van der Waals surface area contributed by atoms with Crippen LogP contribution in [0.4, 0.5) is 0 Å². The van der Waals surface area contributed by atoms with Gasteiger partial charge in [-0.3, -0.25) is 0 Å². The molecule has 1 aromatic heterocycles. The van der Waals surface area contributed by atoms with Crippen LogP contribution in [0.5, 0.6) is 0 Å². The van der Waals surface area contributed by atoms with Crippen LogP contribution in [0.1, 0.15) is 27.3 Å². The number of H-pyrrole nitrogens is 1. The van der Waals surface area contributed by atoms with Crippen molar-refractivity contribution in [3.8, 4) is 0 Å². The van der Waals surface area contributed by atoms with Crippen LogP contribution < -0.4 is 0 Å². The second kappa shape index (κ2) is 4.78. The number of carboxylic acid groups (broad SMARTS) is 1. The maximum atomic E-state index is 11.2. The molecule has 2 rings (SSSR count). The van der Waals surface area contributed by atoms with Gasteiger partial charge in [0.15, 0.2) is 4.77 Å². The number of benzene rings is 1. The van der Waals surface area contributed by atoms with Gasteiger partial charge in [-0.05, 0) is 24.7 Å². The minimum Gasteiger partial charge on any atom is -0.477 e. The van der Waals surface area contributed by atoms with Gasteiger partial charge in [0.1, 0.15) is 5.69 Å². The van der Waals surface area contributed by atoms with Gasteiger partial charge in [-0.15, -0.1) is 0 Å². The fraction of sp³-hybridized carbons (Fsp3) is 0.231. The van der Waals surface area contributed by atoms with Crippen molar-refractivity contribution in [1.29, 1.82) is 0 Å². The number of nitrogens with zero attached hydrogens (tertiary/aromatic N) is 1. The fourth-order valence-electron chi connectivity index (χ4n) is 1.95. The van der Waals surface area contributed by atoms with E-state index in [2.05, 4.69) is 4.98 Å². The standard InChI is InChI=1S/C13H14N2O2S/c1-8-4-3-5-9(6-8)7-10-11(12(16)17)14-13(18)15(10)2/h3-6H,7H2,1-2H3,(H,14,18)(H,16,17). The topological polar surface area (TPSA) is 58.0 Å². The minimum atomic E-state index is -0.982. The van der Waals surface area contributed by atoms with E-state index >= 15 is 0 Å². The molecule has 0 aliphatic rings. The highest BCUT2D eigenvalue weighted by Crippen LogP contribution is 2.15. The summed E-state index contributed by atoms with van der Waals surface area (Å²) in [5.74, 6) is -0.982. The van der Waals surface area contributed by atoms with E-state index in [1.807, 2.05) is 31.2 Å². The predicted octanol–water partition coefficient (Wildman–Crippen LogP) is 2.68. The number of aromatic amines is 1. The lowest BCUT2D eigenvalue weighted by Gasteiger charge is -2.05. The van der Waals surface area contributed by atoms with E-state index in [0.29, 0.717) is 16.9 Å². The number of carboxylic acids is 1. The molecule has 0 aliphatic heterocycles. The van der Waals surface area contributed by atoms with Gasteiger partial charge in [0.2, 0.25) is 0 Å². The number of rotatable bonds is 3. The molecule has 0 bridgehead atoms. The van der Waals surface area contributed by atoms with Crippen LogP contribution in [0.15, 0.2) is 24.3 Å². The number of hydrogen-bond acceptors (Lipinski definition) is 2. The van der Waals surface area contributed by atoms with Crippen molar-refractivity contribution in [3.63, 3.8) is 0 Å². The number of aromatic carboxylic acids is 1. The van der Waals surface area contributed by atoms with Gasteiger partial charge in [0.05, 0.1) is 5.69 Å². The third-order valence-electron chi connectivity index (χ3n) is 2.90. The Morgan fingerprint density at radius 3 is 2.83 bits per heavy atom. The zero-order valence-electron chi connectivity index (χ0n) is 10.2. The molecule has 0 fully saturated rings. The van der Waals surface area contributed by atoms with Crippen LogP contribution >= 0.6 is 12.2 Å². The van der Waals surface area contributed by atoms with Crippen molar-refractivity contribution in [3.05, 3.63) is 51.6 Å². The Kier molecular flexibility index (Phi) is 3.34. The number of hydrogen-bond donors (Lipinski definition) is 2. The highest BCUT2D eigenvalue weighted by atomic mass is 32.1. The first kappa shape index (κ1) is 12.6. The average Bonchev–Trinajstić information content (AvgIpc) is 2.57. The molecule has 0 spiro atoms. The zero-order valence-corrected chi connectivity index (χ0v) is 11.0.